The summed E-state index contributed by atoms with van der Waals surface area (Å²) >= 11 is 0. The van der Waals surface area contributed by atoms with Gasteiger partial charge in [-0.3, -0.25) is 0 Å². The van der Waals surface area contributed by atoms with Crippen LogP contribution >= 0.6 is 0 Å². The molecular weight excluding hydrogens is 184 g/mol. The van der Waals surface area contributed by atoms with Crippen molar-refractivity contribution < 1.29 is 0 Å². The molecule has 1 aliphatic rings. The fraction of sp³-hybridized carbons (Fsp3) is 0.385. The molecule has 15 heavy (non-hydrogen) atoms. The van der Waals surface area contributed by atoms with Crippen molar-refractivity contribution in [1.29, 1.82) is 0 Å². The molecule has 1 aliphatic carbocycles. The second-order valence-electron chi connectivity index (χ2n) is 3.92. The first-order valence-corrected chi connectivity index (χ1v) is 5.52. The second-order valence-corrected chi connectivity index (χ2v) is 3.92. The highest BCUT2D eigenvalue weighted by atomic mass is 15.2. The van der Waals surface area contributed by atoms with E-state index in [9.17, 15) is 0 Å². The molecule has 0 radical (unpaired) electrons. The number of benzene rings is 1. The Bertz CT molecular complexity index is 369. The summed E-state index contributed by atoms with van der Waals surface area (Å²) in [7, 11) is 0. The minimum Gasteiger partial charge on any atom is -0.160 e. The summed E-state index contributed by atoms with van der Waals surface area (Å²) < 4.78 is 0. The molecular formula is C13H16N2. The van der Waals surface area contributed by atoms with E-state index in [0.29, 0.717) is 0 Å². The first kappa shape index (κ1) is 10.1. The minimum atomic E-state index is 0.995. The van der Waals surface area contributed by atoms with Gasteiger partial charge in [0.1, 0.15) is 0 Å². The molecule has 1 aromatic rings. The van der Waals surface area contributed by atoms with E-state index in [2.05, 4.69) is 22.3 Å². The highest BCUT2D eigenvalue weighted by Crippen LogP contribution is 2.14. The Morgan fingerprint density at radius 2 is 1.73 bits per heavy atom. The highest BCUT2D eigenvalue weighted by Gasteiger charge is 2.07. The topological polar surface area (TPSA) is 24.7 Å². The molecule has 0 N–H and O–H groups in total. The van der Waals surface area contributed by atoms with Gasteiger partial charge in [0.2, 0.25) is 0 Å². The predicted octanol–water partition coefficient (Wildman–Crippen LogP) is 3.43. The first-order chi connectivity index (χ1) is 7.36. The molecule has 2 heteroatoms. The summed E-state index contributed by atoms with van der Waals surface area (Å²) in [4.78, 5) is 0. The molecule has 0 aromatic heterocycles. The van der Waals surface area contributed by atoms with Crippen molar-refractivity contribution >= 4 is 11.4 Å². The third kappa shape index (κ3) is 2.75. The number of nitrogens with zero attached hydrogens (tertiary/aromatic N) is 2. The van der Waals surface area contributed by atoms with E-state index in [1.807, 2.05) is 25.1 Å². The fourth-order valence-electron chi connectivity index (χ4n) is 1.77. The van der Waals surface area contributed by atoms with Gasteiger partial charge in [0.15, 0.2) is 0 Å². The van der Waals surface area contributed by atoms with Crippen LogP contribution in [0.3, 0.4) is 0 Å². The normalized spacial score (nSPS) is 16.9. The second kappa shape index (κ2) is 4.87. The van der Waals surface area contributed by atoms with Crippen LogP contribution in [-0.4, -0.2) is 11.4 Å². The van der Waals surface area contributed by atoms with Crippen LogP contribution in [0.2, 0.25) is 0 Å². The Kier molecular flexibility index (Phi) is 3.28. The maximum absolute atomic E-state index is 4.30. The van der Waals surface area contributed by atoms with Crippen LogP contribution in [-0.2, 0) is 0 Å². The molecule has 1 aromatic carbocycles. The maximum Gasteiger partial charge on any atom is 0.0671 e. The Morgan fingerprint density at radius 3 is 2.40 bits per heavy atom. The number of hydrogen-bond acceptors (Lipinski definition) is 2. The summed E-state index contributed by atoms with van der Waals surface area (Å²) in [6, 6.07) is 10.2. The molecule has 1 fully saturated rings. The van der Waals surface area contributed by atoms with Gasteiger partial charge in [-0.05, 0) is 38.2 Å². The van der Waals surface area contributed by atoms with Gasteiger partial charge in [-0.25, -0.2) is 0 Å². The van der Waals surface area contributed by atoms with Crippen molar-refractivity contribution in [3.63, 3.8) is 0 Å². The van der Waals surface area contributed by atoms with Crippen LogP contribution < -0.4 is 0 Å². The van der Waals surface area contributed by atoms with E-state index in [-0.39, 0.29) is 0 Å². The first-order valence-electron chi connectivity index (χ1n) is 5.52. The summed E-state index contributed by atoms with van der Waals surface area (Å²) in [6.07, 6.45) is 4.81. The van der Waals surface area contributed by atoms with Crippen molar-refractivity contribution in [2.75, 3.05) is 0 Å². The number of hydrogen-bond donors (Lipinski definition) is 0. The van der Waals surface area contributed by atoms with E-state index >= 15 is 0 Å². The lowest BCUT2D eigenvalue weighted by molar-refractivity contribution is 0.886. The largest absolute Gasteiger partial charge is 0.160 e. The maximum atomic E-state index is 4.30. The van der Waals surface area contributed by atoms with Crippen LogP contribution in [0.5, 0.6) is 0 Å². The molecule has 0 saturated heterocycles. The monoisotopic (exact) mass is 200 g/mol. The average molecular weight is 200 g/mol. The van der Waals surface area contributed by atoms with Crippen molar-refractivity contribution in [3.05, 3.63) is 35.9 Å². The van der Waals surface area contributed by atoms with Gasteiger partial charge < -0.3 is 0 Å². The van der Waals surface area contributed by atoms with E-state index in [0.717, 1.165) is 24.1 Å². The smallest absolute Gasteiger partial charge is 0.0671 e. The van der Waals surface area contributed by atoms with Crippen molar-refractivity contribution in [1.82, 2.24) is 0 Å². The zero-order valence-corrected chi connectivity index (χ0v) is 9.11. The standard InChI is InChI=1S/C13H16N2/c1-11(12-7-3-2-4-8-12)14-15-13-9-5-6-10-13/h2-4,7-8H,5-6,9-10H2,1H3/b14-11+. The average Bonchev–Trinajstić information content (AvgIpc) is 2.80. The Balaban J connectivity index is 2.10. The molecule has 0 amide bonds. The molecule has 0 unspecified atom stereocenters. The molecule has 0 atom stereocenters. The summed E-state index contributed by atoms with van der Waals surface area (Å²) in [6.45, 7) is 2.01. The Morgan fingerprint density at radius 1 is 1.07 bits per heavy atom. The summed E-state index contributed by atoms with van der Waals surface area (Å²) in [5.74, 6) is 0. The van der Waals surface area contributed by atoms with Gasteiger partial charge in [-0.2, -0.15) is 10.2 Å². The van der Waals surface area contributed by atoms with E-state index < -0.39 is 0 Å². The predicted molar refractivity (Wildman–Crippen MR) is 64.6 cm³/mol. The van der Waals surface area contributed by atoms with Crippen molar-refractivity contribution in [2.24, 2.45) is 10.2 Å². The van der Waals surface area contributed by atoms with Gasteiger partial charge in [0.25, 0.3) is 0 Å². The minimum absolute atomic E-state index is 0.995. The molecule has 0 aliphatic heterocycles. The summed E-state index contributed by atoms with van der Waals surface area (Å²) in [5.41, 5.74) is 3.40. The van der Waals surface area contributed by atoms with Gasteiger partial charge in [0, 0.05) is 5.71 Å². The van der Waals surface area contributed by atoms with Crippen LogP contribution in [0.25, 0.3) is 0 Å². The van der Waals surface area contributed by atoms with Crippen LogP contribution in [0, 0.1) is 0 Å². The van der Waals surface area contributed by atoms with Crippen LogP contribution in [0.1, 0.15) is 38.2 Å². The zero-order chi connectivity index (χ0) is 10.5. The lowest BCUT2D eigenvalue weighted by atomic mass is 10.1. The van der Waals surface area contributed by atoms with Gasteiger partial charge in [-0.1, -0.05) is 30.3 Å². The zero-order valence-electron chi connectivity index (χ0n) is 9.11. The fourth-order valence-corrected chi connectivity index (χ4v) is 1.77. The summed E-state index contributed by atoms with van der Waals surface area (Å²) in [5, 5.41) is 8.59. The molecule has 0 heterocycles. The van der Waals surface area contributed by atoms with Gasteiger partial charge in [-0.15, -0.1) is 0 Å². The Hall–Kier alpha value is -1.44. The van der Waals surface area contributed by atoms with Crippen molar-refractivity contribution in [3.8, 4) is 0 Å². The Labute approximate surface area is 90.7 Å². The van der Waals surface area contributed by atoms with Crippen LogP contribution in [0.15, 0.2) is 40.5 Å². The molecule has 0 spiro atoms. The third-order valence-corrected chi connectivity index (χ3v) is 2.71. The van der Waals surface area contributed by atoms with Crippen LogP contribution in [0.4, 0.5) is 0 Å². The highest BCUT2D eigenvalue weighted by molar-refractivity contribution is 5.99. The van der Waals surface area contributed by atoms with Gasteiger partial charge in [0.05, 0.1) is 5.71 Å². The molecule has 2 rings (SSSR count). The molecule has 78 valence electrons. The lowest BCUT2D eigenvalue weighted by Gasteiger charge is -1.97. The lowest BCUT2D eigenvalue weighted by Crippen LogP contribution is -1.94. The molecule has 2 nitrogen and oxygen atoms in total. The van der Waals surface area contributed by atoms with Gasteiger partial charge >= 0.3 is 0 Å². The quantitative estimate of drug-likeness (QED) is 0.516. The van der Waals surface area contributed by atoms with E-state index in [1.165, 1.54) is 18.6 Å². The third-order valence-electron chi connectivity index (χ3n) is 2.71. The van der Waals surface area contributed by atoms with E-state index in [1.54, 1.807) is 0 Å². The molecule has 1 saturated carbocycles. The molecule has 0 bridgehead atoms. The number of rotatable bonds is 2. The SMILES string of the molecule is C/C(=N\N=C1CCCC1)c1ccccc1. The van der Waals surface area contributed by atoms with E-state index in [4.69, 9.17) is 0 Å². The van der Waals surface area contributed by atoms with Crippen molar-refractivity contribution in [2.45, 2.75) is 32.6 Å².